The van der Waals surface area contributed by atoms with Crippen molar-refractivity contribution in [3.63, 3.8) is 0 Å². The predicted molar refractivity (Wildman–Crippen MR) is 54.1 cm³/mol. The Morgan fingerprint density at radius 2 is 2.00 bits per heavy atom. The molecule has 0 rings (SSSR count). The van der Waals surface area contributed by atoms with Gasteiger partial charge in [-0.3, -0.25) is 9.59 Å². The number of carbonyl (C=O) groups excluding carboxylic acids is 1. The molecule has 6 nitrogen and oxygen atoms in total. The fraction of sp³-hybridized carbons (Fsp3) is 0.778. The number of aliphatic hydroxyl groups excluding tert-OH is 1. The van der Waals surface area contributed by atoms with Crippen LogP contribution in [0.1, 0.15) is 20.3 Å². The second-order valence-electron chi connectivity index (χ2n) is 4.13. The van der Waals surface area contributed by atoms with Crippen molar-refractivity contribution in [2.45, 2.75) is 26.4 Å². The van der Waals surface area contributed by atoms with E-state index < -0.39 is 23.4 Å². The van der Waals surface area contributed by atoms with Gasteiger partial charge in [-0.05, 0) is 13.8 Å². The summed E-state index contributed by atoms with van der Waals surface area (Å²) in [5.74, 6) is -1.50. The third kappa shape index (κ3) is 6.03. The number of amides is 1. The Labute approximate surface area is 88.5 Å². The van der Waals surface area contributed by atoms with Crippen LogP contribution in [-0.4, -0.2) is 41.3 Å². The number of carbonyl (C=O) groups is 2. The number of carboxylic acids is 1. The van der Waals surface area contributed by atoms with E-state index in [-0.39, 0.29) is 13.0 Å². The molecule has 1 atom stereocenters. The van der Waals surface area contributed by atoms with Crippen molar-refractivity contribution >= 4 is 11.9 Å². The minimum Gasteiger partial charge on any atom is -0.481 e. The molecular weight excluding hydrogens is 200 g/mol. The number of nitrogens with two attached hydrogens (primary N) is 1. The smallest absolute Gasteiger partial charge is 0.306 e. The Bertz CT molecular complexity index is 240. The molecule has 0 aliphatic carbocycles. The van der Waals surface area contributed by atoms with Crippen LogP contribution in [0.2, 0.25) is 0 Å². The van der Waals surface area contributed by atoms with Gasteiger partial charge in [0.2, 0.25) is 5.91 Å². The summed E-state index contributed by atoms with van der Waals surface area (Å²) in [6.07, 6.45) is -1.27. The molecule has 0 saturated heterocycles. The van der Waals surface area contributed by atoms with Crippen molar-refractivity contribution in [3.8, 4) is 0 Å². The molecule has 0 bridgehead atoms. The molecule has 0 fully saturated rings. The van der Waals surface area contributed by atoms with Gasteiger partial charge in [0, 0.05) is 13.1 Å². The maximum Gasteiger partial charge on any atom is 0.306 e. The first-order valence-corrected chi connectivity index (χ1v) is 4.66. The van der Waals surface area contributed by atoms with Gasteiger partial charge in [-0.2, -0.15) is 0 Å². The number of rotatable bonds is 7. The molecule has 0 radical (unpaired) electrons. The van der Waals surface area contributed by atoms with Gasteiger partial charge in [0.1, 0.15) is 0 Å². The topological polar surface area (TPSA) is 113 Å². The molecule has 0 spiro atoms. The molecule has 1 unspecified atom stereocenters. The highest BCUT2D eigenvalue weighted by atomic mass is 16.4. The minimum absolute atomic E-state index is 0.128. The largest absolute Gasteiger partial charge is 0.481 e. The van der Waals surface area contributed by atoms with Gasteiger partial charge in [0.15, 0.2) is 0 Å². The van der Waals surface area contributed by atoms with E-state index in [1.807, 2.05) is 0 Å². The van der Waals surface area contributed by atoms with Crippen LogP contribution in [0.5, 0.6) is 0 Å². The Morgan fingerprint density at radius 1 is 1.47 bits per heavy atom. The Kier molecular flexibility index (Phi) is 5.24. The van der Waals surface area contributed by atoms with E-state index in [0.29, 0.717) is 6.54 Å². The van der Waals surface area contributed by atoms with Gasteiger partial charge in [0.05, 0.1) is 17.9 Å². The van der Waals surface area contributed by atoms with Crippen molar-refractivity contribution < 1.29 is 19.8 Å². The van der Waals surface area contributed by atoms with Gasteiger partial charge in [-0.1, -0.05) is 0 Å². The Morgan fingerprint density at radius 3 is 2.40 bits per heavy atom. The fourth-order valence-electron chi connectivity index (χ4n) is 0.912. The molecule has 0 aromatic rings. The molecule has 1 amide bonds. The summed E-state index contributed by atoms with van der Waals surface area (Å²) >= 11 is 0. The van der Waals surface area contributed by atoms with Crippen LogP contribution in [0.25, 0.3) is 0 Å². The molecule has 0 aliphatic heterocycles. The van der Waals surface area contributed by atoms with Crippen LogP contribution in [0.4, 0.5) is 0 Å². The molecule has 6 heteroatoms. The third-order valence-corrected chi connectivity index (χ3v) is 2.02. The van der Waals surface area contributed by atoms with Crippen molar-refractivity contribution in [1.82, 2.24) is 5.32 Å². The first-order chi connectivity index (χ1) is 6.75. The molecule has 0 saturated carbocycles. The van der Waals surface area contributed by atoms with E-state index >= 15 is 0 Å². The first-order valence-electron chi connectivity index (χ1n) is 4.66. The van der Waals surface area contributed by atoms with E-state index in [2.05, 4.69) is 5.32 Å². The summed E-state index contributed by atoms with van der Waals surface area (Å²) in [7, 11) is 0. The lowest BCUT2D eigenvalue weighted by Gasteiger charge is -2.21. The monoisotopic (exact) mass is 218 g/mol. The average molecular weight is 218 g/mol. The Balaban J connectivity index is 3.79. The third-order valence-electron chi connectivity index (χ3n) is 2.02. The molecule has 88 valence electrons. The molecular formula is C9H18N2O4. The van der Waals surface area contributed by atoms with Crippen molar-refractivity contribution in [1.29, 1.82) is 0 Å². The second-order valence-corrected chi connectivity index (χ2v) is 4.13. The number of aliphatic hydroxyl groups is 1. The zero-order valence-electron chi connectivity index (χ0n) is 8.99. The highest BCUT2D eigenvalue weighted by Crippen LogP contribution is 2.11. The summed E-state index contributed by atoms with van der Waals surface area (Å²) in [5, 5.41) is 20.4. The number of primary amides is 1. The summed E-state index contributed by atoms with van der Waals surface area (Å²) in [6, 6.07) is 0. The summed E-state index contributed by atoms with van der Waals surface area (Å²) in [4.78, 5) is 21.1. The van der Waals surface area contributed by atoms with Crippen LogP contribution < -0.4 is 11.1 Å². The lowest BCUT2D eigenvalue weighted by molar-refractivity contribution is -0.139. The minimum atomic E-state index is -1.06. The predicted octanol–water partition coefficient (Wildman–Crippen LogP) is -1.08. The number of hydrogen-bond donors (Lipinski definition) is 4. The highest BCUT2D eigenvalue weighted by Gasteiger charge is 2.24. The molecule has 15 heavy (non-hydrogen) atoms. The van der Waals surface area contributed by atoms with Crippen molar-refractivity contribution in [2.24, 2.45) is 11.1 Å². The quantitative estimate of drug-likeness (QED) is 0.434. The zero-order chi connectivity index (χ0) is 12.1. The SMILES string of the molecule is CC(C)(CNCC(O)CC(=O)O)C(N)=O. The van der Waals surface area contributed by atoms with Crippen LogP contribution >= 0.6 is 0 Å². The van der Waals surface area contributed by atoms with Crippen LogP contribution in [-0.2, 0) is 9.59 Å². The number of carboxylic acid groups (broad SMARTS) is 1. The van der Waals surface area contributed by atoms with E-state index in [1.54, 1.807) is 13.8 Å². The lowest BCUT2D eigenvalue weighted by Crippen LogP contribution is -2.42. The molecule has 0 aromatic carbocycles. The Hall–Kier alpha value is -1.14. The van der Waals surface area contributed by atoms with E-state index in [9.17, 15) is 14.7 Å². The van der Waals surface area contributed by atoms with E-state index in [1.165, 1.54) is 0 Å². The second kappa shape index (κ2) is 5.67. The molecule has 0 aromatic heterocycles. The zero-order valence-corrected chi connectivity index (χ0v) is 8.99. The summed E-state index contributed by atoms with van der Waals surface area (Å²) in [5.41, 5.74) is 4.43. The van der Waals surface area contributed by atoms with Gasteiger partial charge in [-0.15, -0.1) is 0 Å². The fourth-order valence-corrected chi connectivity index (χ4v) is 0.912. The molecule has 0 heterocycles. The maximum atomic E-state index is 10.9. The van der Waals surface area contributed by atoms with Gasteiger partial charge in [0.25, 0.3) is 0 Å². The number of aliphatic carboxylic acids is 1. The van der Waals surface area contributed by atoms with Crippen LogP contribution in [0.15, 0.2) is 0 Å². The normalized spacial score (nSPS) is 13.5. The van der Waals surface area contributed by atoms with Crippen LogP contribution in [0, 0.1) is 5.41 Å². The van der Waals surface area contributed by atoms with Crippen LogP contribution in [0.3, 0.4) is 0 Å². The van der Waals surface area contributed by atoms with E-state index in [4.69, 9.17) is 10.8 Å². The molecule has 5 N–H and O–H groups in total. The summed E-state index contributed by atoms with van der Waals surface area (Å²) < 4.78 is 0. The maximum absolute atomic E-state index is 10.9. The van der Waals surface area contributed by atoms with E-state index in [0.717, 1.165) is 0 Å². The average Bonchev–Trinajstić information content (AvgIpc) is 2.01. The van der Waals surface area contributed by atoms with Crippen molar-refractivity contribution in [2.75, 3.05) is 13.1 Å². The highest BCUT2D eigenvalue weighted by molar-refractivity contribution is 5.80. The summed E-state index contributed by atoms with van der Waals surface area (Å²) in [6.45, 7) is 3.78. The lowest BCUT2D eigenvalue weighted by atomic mass is 9.93. The van der Waals surface area contributed by atoms with Gasteiger partial charge < -0.3 is 21.3 Å². The van der Waals surface area contributed by atoms with Gasteiger partial charge >= 0.3 is 5.97 Å². The number of nitrogens with one attached hydrogen (secondary N) is 1. The number of hydrogen-bond acceptors (Lipinski definition) is 4. The first kappa shape index (κ1) is 13.9. The molecule has 0 aliphatic rings. The van der Waals surface area contributed by atoms with Gasteiger partial charge in [-0.25, -0.2) is 0 Å². The standard InChI is InChI=1S/C9H18N2O4/c1-9(2,8(10)15)5-11-4-6(12)3-7(13)14/h6,11-12H,3-5H2,1-2H3,(H2,10,15)(H,13,14). The van der Waals surface area contributed by atoms with Crippen molar-refractivity contribution in [3.05, 3.63) is 0 Å².